The lowest BCUT2D eigenvalue weighted by molar-refractivity contribution is 0.0695. The first-order valence-electron chi connectivity index (χ1n) is 10.00. The van der Waals surface area contributed by atoms with E-state index in [1.54, 1.807) is 0 Å². The van der Waals surface area contributed by atoms with Crippen molar-refractivity contribution in [3.05, 3.63) is 17.7 Å². The van der Waals surface area contributed by atoms with E-state index in [0.717, 1.165) is 19.3 Å². The lowest BCUT2D eigenvalue weighted by Crippen LogP contribution is -2.10. The zero-order chi connectivity index (χ0) is 20.4. The van der Waals surface area contributed by atoms with Gasteiger partial charge in [0.05, 0.1) is 25.4 Å². The summed E-state index contributed by atoms with van der Waals surface area (Å²) in [7, 11) is 0. The highest BCUT2D eigenvalue weighted by atomic mass is 16.5. The summed E-state index contributed by atoms with van der Waals surface area (Å²) in [4.78, 5) is 11.5. The predicted octanol–water partition coefficient (Wildman–Crippen LogP) is 5.66. The molecule has 5 nitrogen and oxygen atoms in total. The number of aromatic carboxylic acids is 1. The van der Waals surface area contributed by atoms with Crippen molar-refractivity contribution in [3.8, 4) is 17.2 Å². The Hall–Kier alpha value is -1.91. The summed E-state index contributed by atoms with van der Waals surface area (Å²) in [5.74, 6) is 1.90. The van der Waals surface area contributed by atoms with E-state index in [2.05, 4.69) is 41.5 Å². The van der Waals surface area contributed by atoms with Gasteiger partial charge in [-0.25, -0.2) is 4.79 Å². The third-order valence-corrected chi connectivity index (χ3v) is 4.11. The lowest BCUT2D eigenvalue weighted by Gasteiger charge is -2.19. The molecule has 0 saturated heterocycles. The van der Waals surface area contributed by atoms with Crippen LogP contribution in [0.2, 0.25) is 0 Å². The fraction of sp³-hybridized carbons (Fsp3) is 0.682. The molecule has 0 unspecified atom stereocenters. The molecule has 0 spiro atoms. The molecule has 1 aromatic rings. The molecule has 1 N–H and O–H groups in total. The highest BCUT2D eigenvalue weighted by molar-refractivity contribution is 5.89. The maximum Gasteiger partial charge on any atom is 0.335 e. The van der Waals surface area contributed by atoms with Crippen molar-refractivity contribution in [1.29, 1.82) is 0 Å². The van der Waals surface area contributed by atoms with Crippen LogP contribution >= 0.6 is 0 Å². The normalized spacial score (nSPS) is 11.3. The highest BCUT2D eigenvalue weighted by Gasteiger charge is 2.19. The zero-order valence-electron chi connectivity index (χ0n) is 17.7. The average Bonchev–Trinajstić information content (AvgIpc) is 2.55. The fourth-order valence-corrected chi connectivity index (χ4v) is 2.26. The van der Waals surface area contributed by atoms with Crippen LogP contribution in [-0.4, -0.2) is 30.9 Å². The molecule has 0 fully saturated rings. The third kappa shape index (κ3) is 9.03. The highest BCUT2D eigenvalue weighted by Crippen LogP contribution is 2.39. The largest absolute Gasteiger partial charge is 0.490 e. The summed E-state index contributed by atoms with van der Waals surface area (Å²) < 4.78 is 17.8. The van der Waals surface area contributed by atoms with E-state index >= 15 is 0 Å². The van der Waals surface area contributed by atoms with Crippen molar-refractivity contribution >= 4 is 5.97 Å². The van der Waals surface area contributed by atoms with Crippen molar-refractivity contribution in [2.24, 2.45) is 17.8 Å². The van der Waals surface area contributed by atoms with Crippen LogP contribution < -0.4 is 14.2 Å². The topological polar surface area (TPSA) is 65.0 Å². The molecule has 1 rings (SSSR count). The Morgan fingerprint density at radius 3 is 1.48 bits per heavy atom. The minimum atomic E-state index is -1.01. The van der Waals surface area contributed by atoms with Gasteiger partial charge in [0.1, 0.15) is 0 Å². The second-order valence-corrected chi connectivity index (χ2v) is 8.20. The average molecular weight is 381 g/mol. The quantitative estimate of drug-likeness (QED) is 0.478. The van der Waals surface area contributed by atoms with Crippen LogP contribution in [0.3, 0.4) is 0 Å². The Morgan fingerprint density at radius 2 is 1.15 bits per heavy atom. The molecule has 0 amide bonds. The van der Waals surface area contributed by atoms with Gasteiger partial charge in [0.15, 0.2) is 11.5 Å². The summed E-state index contributed by atoms with van der Waals surface area (Å²) in [6, 6.07) is 3.06. The number of carboxylic acid groups (broad SMARTS) is 1. The molecule has 0 heterocycles. The van der Waals surface area contributed by atoms with Gasteiger partial charge in [-0.15, -0.1) is 0 Å². The van der Waals surface area contributed by atoms with Crippen molar-refractivity contribution in [1.82, 2.24) is 0 Å². The van der Waals surface area contributed by atoms with Gasteiger partial charge in [0, 0.05) is 0 Å². The van der Waals surface area contributed by atoms with Gasteiger partial charge in [0.25, 0.3) is 0 Å². The fourth-order valence-electron chi connectivity index (χ4n) is 2.26. The van der Waals surface area contributed by atoms with E-state index in [4.69, 9.17) is 14.2 Å². The number of ether oxygens (including phenoxy) is 3. The van der Waals surface area contributed by atoms with Gasteiger partial charge in [-0.1, -0.05) is 41.5 Å². The van der Waals surface area contributed by atoms with Crippen molar-refractivity contribution < 1.29 is 24.1 Å². The second-order valence-electron chi connectivity index (χ2n) is 8.20. The van der Waals surface area contributed by atoms with Crippen LogP contribution in [0.25, 0.3) is 0 Å². The molecule has 154 valence electrons. The number of rotatable bonds is 13. The summed E-state index contributed by atoms with van der Waals surface area (Å²) in [5.41, 5.74) is 0.144. The van der Waals surface area contributed by atoms with Crippen LogP contribution in [-0.2, 0) is 0 Å². The molecule has 0 aliphatic rings. The van der Waals surface area contributed by atoms with Gasteiger partial charge >= 0.3 is 5.97 Å². The first-order chi connectivity index (χ1) is 12.7. The smallest absolute Gasteiger partial charge is 0.335 e. The van der Waals surface area contributed by atoms with E-state index in [1.165, 1.54) is 12.1 Å². The van der Waals surface area contributed by atoms with E-state index in [1.807, 2.05) is 0 Å². The van der Waals surface area contributed by atoms with Crippen molar-refractivity contribution in [2.45, 2.75) is 60.8 Å². The summed E-state index contributed by atoms with van der Waals surface area (Å²) >= 11 is 0. The van der Waals surface area contributed by atoms with Crippen LogP contribution in [0, 0.1) is 17.8 Å². The van der Waals surface area contributed by atoms with Crippen LogP contribution in [0.5, 0.6) is 17.2 Å². The van der Waals surface area contributed by atoms with Crippen molar-refractivity contribution in [3.63, 3.8) is 0 Å². The van der Waals surface area contributed by atoms with Gasteiger partial charge in [-0.05, 0) is 49.1 Å². The Balaban J connectivity index is 3.10. The van der Waals surface area contributed by atoms with Crippen LogP contribution in [0.4, 0.5) is 0 Å². The molecule has 0 aliphatic carbocycles. The first-order valence-corrected chi connectivity index (χ1v) is 10.00. The van der Waals surface area contributed by atoms with Gasteiger partial charge in [-0.2, -0.15) is 0 Å². The molecule has 27 heavy (non-hydrogen) atoms. The first kappa shape index (κ1) is 23.1. The molecule has 0 atom stereocenters. The number of carboxylic acids is 1. The summed E-state index contributed by atoms with van der Waals surface area (Å²) in [6.07, 6.45) is 2.66. The SMILES string of the molecule is CC(C)CCOc1cc(C(=O)O)cc(OCCC(C)C)c1OCCC(C)C. The van der Waals surface area contributed by atoms with E-state index in [9.17, 15) is 9.90 Å². The minimum absolute atomic E-state index is 0.144. The maximum absolute atomic E-state index is 11.5. The molecular weight excluding hydrogens is 344 g/mol. The number of hydrogen-bond donors (Lipinski definition) is 1. The van der Waals surface area contributed by atoms with Crippen LogP contribution in [0.1, 0.15) is 71.2 Å². The van der Waals surface area contributed by atoms with Crippen molar-refractivity contribution in [2.75, 3.05) is 19.8 Å². The molecule has 1 aromatic carbocycles. The van der Waals surface area contributed by atoms with E-state index in [0.29, 0.717) is 54.8 Å². The zero-order valence-corrected chi connectivity index (χ0v) is 17.7. The Kier molecular flexibility index (Phi) is 10.0. The number of carbonyl (C=O) groups is 1. The van der Waals surface area contributed by atoms with Crippen LogP contribution in [0.15, 0.2) is 12.1 Å². The Bertz CT molecular complexity index is 543. The maximum atomic E-state index is 11.5. The molecule has 0 radical (unpaired) electrons. The van der Waals surface area contributed by atoms with Gasteiger partial charge in [0.2, 0.25) is 5.75 Å². The molecule has 0 aliphatic heterocycles. The lowest BCUT2D eigenvalue weighted by atomic mass is 10.1. The predicted molar refractivity (Wildman–Crippen MR) is 108 cm³/mol. The Morgan fingerprint density at radius 1 is 0.778 bits per heavy atom. The third-order valence-electron chi connectivity index (χ3n) is 4.11. The minimum Gasteiger partial charge on any atom is -0.490 e. The summed E-state index contributed by atoms with van der Waals surface area (Å²) in [6.45, 7) is 14.3. The van der Waals surface area contributed by atoms with E-state index < -0.39 is 5.97 Å². The number of benzene rings is 1. The number of hydrogen-bond acceptors (Lipinski definition) is 4. The Labute approximate surface area is 164 Å². The molecular formula is C22H36O5. The van der Waals surface area contributed by atoms with Gasteiger partial charge in [-0.3, -0.25) is 0 Å². The van der Waals surface area contributed by atoms with Gasteiger partial charge < -0.3 is 19.3 Å². The standard InChI is InChI=1S/C22H36O5/c1-15(2)7-10-25-19-13-18(22(23)24)14-20(26-11-8-16(3)4)21(19)27-12-9-17(5)6/h13-17H,7-12H2,1-6H3,(H,23,24). The second kappa shape index (κ2) is 11.7. The molecule has 0 bridgehead atoms. The molecule has 0 saturated carbocycles. The monoisotopic (exact) mass is 380 g/mol. The molecule has 5 heteroatoms. The summed E-state index contributed by atoms with van der Waals surface area (Å²) in [5, 5.41) is 9.45. The molecule has 0 aromatic heterocycles. The van der Waals surface area contributed by atoms with E-state index in [-0.39, 0.29) is 5.56 Å².